The van der Waals surface area contributed by atoms with E-state index in [1.54, 1.807) is 41.7 Å². The number of thiophene rings is 1. The summed E-state index contributed by atoms with van der Waals surface area (Å²) in [6.45, 7) is 2.00. The Kier molecular flexibility index (Phi) is 3.89. The molecule has 0 unspecified atom stereocenters. The minimum Gasteiger partial charge on any atom is -0.268 e. The van der Waals surface area contributed by atoms with Crippen LogP contribution in [0.2, 0.25) is 5.02 Å². The first-order chi connectivity index (χ1) is 10.0. The van der Waals surface area contributed by atoms with Gasteiger partial charge in [-0.25, -0.2) is 4.90 Å². The first-order valence-corrected chi connectivity index (χ1v) is 8.15. The summed E-state index contributed by atoms with van der Waals surface area (Å²) in [6, 6.07) is 10.6. The summed E-state index contributed by atoms with van der Waals surface area (Å²) in [5.74, 6) is -0.307. The van der Waals surface area contributed by atoms with E-state index in [9.17, 15) is 9.59 Å². The number of aryl methyl sites for hydroxylation is 1. The molecule has 0 N–H and O–H groups in total. The molecule has 6 heteroatoms. The van der Waals surface area contributed by atoms with Gasteiger partial charge in [-0.3, -0.25) is 9.59 Å². The zero-order valence-electron chi connectivity index (χ0n) is 11.0. The highest BCUT2D eigenvalue weighted by Crippen LogP contribution is 2.37. The maximum absolute atomic E-state index is 12.4. The molecule has 1 aromatic heterocycles. The van der Waals surface area contributed by atoms with Crippen LogP contribution in [0.25, 0.3) is 6.08 Å². The van der Waals surface area contributed by atoms with Crippen molar-refractivity contribution in [3.63, 3.8) is 0 Å². The van der Waals surface area contributed by atoms with Gasteiger partial charge < -0.3 is 0 Å². The molecule has 3 rings (SSSR count). The van der Waals surface area contributed by atoms with Crippen molar-refractivity contribution in [3.8, 4) is 0 Å². The van der Waals surface area contributed by atoms with Gasteiger partial charge in [0.25, 0.3) is 11.1 Å². The lowest BCUT2D eigenvalue weighted by Gasteiger charge is -2.12. The van der Waals surface area contributed by atoms with Gasteiger partial charge in [-0.1, -0.05) is 17.7 Å². The van der Waals surface area contributed by atoms with Gasteiger partial charge in [-0.2, -0.15) is 0 Å². The normalized spacial score (nSPS) is 17.0. The third-order valence-electron chi connectivity index (χ3n) is 2.89. The standard InChI is InChI=1S/C15H10ClNO2S2/c1-9-5-6-12(20-9)8-13-14(18)17(15(19)21-13)11-4-2-3-10(16)7-11/h2-8H,1H3. The van der Waals surface area contributed by atoms with Crippen molar-refractivity contribution < 1.29 is 9.59 Å². The highest BCUT2D eigenvalue weighted by Gasteiger charge is 2.36. The number of thioether (sulfide) groups is 1. The molecular formula is C15H10ClNO2S2. The van der Waals surface area contributed by atoms with Gasteiger partial charge in [0.1, 0.15) is 0 Å². The molecule has 106 valence electrons. The van der Waals surface area contributed by atoms with Crippen LogP contribution >= 0.6 is 34.7 Å². The number of carbonyl (C=O) groups excluding carboxylic acids is 2. The molecule has 21 heavy (non-hydrogen) atoms. The van der Waals surface area contributed by atoms with Crippen LogP contribution in [-0.4, -0.2) is 11.1 Å². The maximum Gasteiger partial charge on any atom is 0.298 e. The summed E-state index contributed by atoms with van der Waals surface area (Å²) < 4.78 is 0. The second kappa shape index (κ2) is 5.67. The van der Waals surface area contributed by atoms with Gasteiger partial charge in [0.2, 0.25) is 0 Å². The smallest absolute Gasteiger partial charge is 0.268 e. The Morgan fingerprint density at radius 3 is 2.67 bits per heavy atom. The summed E-state index contributed by atoms with van der Waals surface area (Å²) in [6.07, 6.45) is 1.76. The van der Waals surface area contributed by atoms with Crippen LogP contribution < -0.4 is 4.90 Å². The second-order valence-electron chi connectivity index (χ2n) is 4.45. The first-order valence-electron chi connectivity index (χ1n) is 6.14. The van der Waals surface area contributed by atoms with Gasteiger partial charge in [0, 0.05) is 14.8 Å². The molecule has 2 amide bonds. The van der Waals surface area contributed by atoms with E-state index in [0.717, 1.165) is 26.4 Å². The van der Waals surface area contributed by atoms with Gasteiger partial charge in [0.05, 0.1) is 10.6 Å². The molecule has 2 aromatic rings. The van der Waals surface area contributed by atoms with Crippen molar-refractivity contribution in [1.82, 2.24) is 0 Å². The summed E-state index contributed by atoms with van der Waals surface area (Å²) in [7, 11) is 0. The van der Waals surface area contributed by atoms with E-state index in [1.165, 1.54) is 0 Å². The zero-order chi connectivity index (χ0) is 15.0. The molecule has 1 fully saturated rings. The molecule has 0 radical (unpaired) electrons. The van der Waals surface area contributed by atoms with E-state index in [0.29, 0.717) is 15.6 Å². The number of benzene rings is 1. The SMILES string of the molecule is Cc1ccc(C=C2SC(=O)N(c3cccc(Cl)c3)C2=O)s1. The van der Waals surface area contributed by atoms with Crippen LogP contribution in [0.1, 0.15) is 9.75 Å². The van der Waals surface area contributed by atoms with Crippen molar-refractivity contribution in [1.29, 1.82) is 0 Å². The molecule has 0 atom stereocenters. The number of amides is 2. The number of hydrogen-bond donors (Lipinski definition) is 0. The van der Waals surface area contributed by atoms with Crippen molar-refractivity contribution in [2.45, 2.75) is 6.92 Å². The molecule has 1 aliphatic heterocycles. The molecule has 1 saturated heterocycles. The first kappa shape index (κ1) is 14.4. The van der Waals surface area contributed by atoms with Gasteiger partial charge >= 0.3 is 0 Å². The third kappa shape index (κ3) is 2.90. The van der Waals surface area contributed by atoms with Crippen molar-refractivity contribution >= 4 is 57.6 Å². The number of hydrogen-bond acceptors (Lipinski definition) is 4. The van der Waals surface area contributed by atoms with Crippen LogP contribution in [0.15, 0.2) is 41.3 Å². The number of carbonyl (C=O) groups is 2. The Labute approximate surface area is 135 Å². The maximum atomic E-state index is 12.4. The van der Waals surface area contributed by atoms with Gasteiger partial charge in [-0.15, -0.1) is 11.3 Å². The van der Waals surface area contributed by atoms with E-state index in [4.69, 9.17) is 11.6 Å². The molecule has 0 aliphatic carbocycles. The van der Waals surface area contributed by atoms with Crippen molar-refractivity contribution in [3.05, 3.63) is 56.1 Å². The molecule has 1 aromatic carbocycles. The quantitative estimate of drug-likeness (QED) is 0.728. The topological polar surface area (TPSA) is 37.4 Å². The average molecular weight is 336 g/mol. The fourth-order valence-corrected chi connectivity index (χ4v) is 3.88. The van der Waals surface area contributed by atoms with E-state index < -0.39 is 0 Å². The Bertz CT molecular complexity index is 767. The highest BCUT2D eigenvalue weighted by atomic mass is 35.5. The molecule has 3 nitrogen and oxygen atoms in total. The second-order valence-corrected chi connectivity index (χ2v) is 7.19. The average Bonchev–Trinajstić information content (AvgIpc) is 2.94. The van der Waals surface area contributed by atoms with Crippen LogP contribution in [0, 0.1) is 6.92 Å². The lowest BCUT2D eigenvalue weighted by Crippen LogP contribution is -2.27. The van der Waals surface area contributed by atoms with Gasteiger partial charge in [-0.05, 0) is 55.1 Å². The Morgan fingerprint density at radius 1 is 1.19 bits per heavy atom. The fourth-order valence-electron chi connectivity index (χ4n) is 1.97. The van der Waals surface area contributed by atoms with E-state index >= 15 is 0 Å². The molecule has 1 aliphatic rings. The molecule has 0 bridgehead atoms. The van der Waals surface area contributed by atoms with E-state index in [1.807, 2.05) is 19.1 Å². The molecule has 0 saturated carbocycles. The van der Waals surface area contributed by atoms with Crippen LogP contribution in [0.4, 0.5) is 10.5 Å². The Hall–Kier alpha value is -1.56. The monoisotopic (exact) mass is 335 g/mol. The lowest BCUT2D eigenvalue weighted by molar-refractivity contribution is -0.113. The summed E-state index contributed by atoms with van der Waals surface area (Å²) in [5.41, 5.74) is 0.496. The predicted octanol–water partition coefficient (Wildman–Crippen LogP) is 4.95. The number of nitrogens with zero attached hydrogens (tertiary/aromatic N) is 1. The van der Waals surface area contributed by atoms with Crippen LogP contribution in [-0.2, 0) is 4.79 Å². The molecule has 2 heterocycles. The van der Waals surface area contributed by atoms with Gasteiger partial charge in [0.15, 0.2) is 0 Å². The number of anilines is 1. The lowest BCUT2D eigenvalue weighted by atomic mass is 10.3. The van der Waals surface area contributed by atoms with Crippen molar-refractivity contribution in [2.24, 2.45) is 0 Å². The Balaban J connectivity index is 1.94. The Morgan fingerprint density at radius 2 is 2.00 bits per heavy atom. The summed E-state index contributed by atoms with van der Waals surface area (Å²) in [4.78, 5) is 28.2. The van der Waals surface area contributed by atoms with E-state index in [2.05, 4.69) is 0 Å². The van der Waals surface area contributed by atoms with Crippen LogP contribution in [0.5, 0.6) is 0 Å². The number of rotatable bonds is 2. The number of halogens is 1. The minimum absolute atomic E-state index is 0.304. The molecule has 0 spiro atoms. The number of imide groups is 1. The minimum atomic E-state index is -0.307. The predicted molar refractivity (Wildman–Crippen MR) is 89.0 cm³/mol. The highest BCUT2D eigenvalue weighted by molar-refractivity contribution is 8.19. The largest absolute Gasteiger partial charge is 0.298 e. The fraction of sp³-hybridized carbons (Fsp3) is 0.0667. The van der Waals surface area contributed by atoms with Crippen molar-refractivity contribution in [2.75, 3.05) is 4.90 Å². The van der Waals surface area contributed by atoms with Crippen LogP contribution in [0.3, 0.4) is 0 Å². The molecular weight excluding hydrogens is 326 g/mol. The summed E-state index contributed by atoms with van der Waals surface area (Å²) >= 11 is 8.45. The zero-order valence-corrected chi connectivity index (χ0v) is 13.4. The summed E-state index contributed by atoms with van der Waals surface area (Å²) in [5, 5.41) is 0.186. The third-order valence-corrected chi connectivity index (χ3v) is 4.95. The van der Waals surface area contributed by atoms with E-state index in [-0.39, 0.29) is 11.1 Å².